The molecule has 0 aromatic heterocycles. The van der Waals surface area contributed by atoms with Crippen LogP contribution in [0, 0.1) is 0 Å². The van der Waals surface area contributed by atoms with Gasteiger partial charge in [0, 0.05) is 12.0 Å². The van der Waals surface area contributed by atoms with Gasteiger partial charge in [0.2, 0.25) is 0 Å². The summed E-state index contributed by atoms with van der Waals surface area (Å²) in [5.74, 6) is -0.324. The number of carbonyl (C=O) groups excluding carboxylic acids is 2. The molecule has 0 aromatic carbocycles. The molecule has 0 unspecified atom stereocenters. The summed E-state index contributed by atoms with van der Waals surface area (Å²) in [6, 6.07) is 0. The van der Waals surface area contributed by atoms with Crippen LogP contribution in [0.3, 0.4) is 0 Å². The van der Waals surface area contributed by atoms with Crippen LogP contribution < -0.4 is 0 Å². The third-order valence-electron chi connectivity index (χ3n) is 2.15. The van der Waals surface area contributed by atoms with E-state index in [1.165, 1.54) is 13.2 Å². The first kappa shape index (κ1) is 9.96. The zero-order valence-electron chi connectivity index (χ0n) is 7.84. The number of allylic oxidation sites excluding steroid dienone is 1. The van der Waals surface area contributed by atoms with Crippen molar-refractivity contribution < 1.29 is 14.3 Å². The molecule has 0 bridgehead atoms. The predicted octanol–water partition coefficient (Wildman–Crippen LogP) is 1.62. The lowest BCUT2D eigenvalue weighted by atomic mass is 9.99. The van der Waals surface area contributed by atoms with Gasteiger partial charge < -0.3 is 4.74 Å². The second-order valence-corrected chi connectivity index (χ2v) is 3.19. The van der Waals surface area contributed by atoms with E-state index < -0.39 is 0 Å². The third-order valence-corrected chi connectivity index (χ3v) is 2.15. The molecular weight excluding hydrogens is 168 g/mol. The van der Waals surface area contributed by atoms with Crippen LogP contribution in [-0.4, -0.2) is 18.9 Å². The highest BCUT2D eigenvalue weighted by atomic mass is 16.5. The van der Waals surface area contributed by atoms with Gasteiger partial charge in [0.05, 0.1) is 7.11 Å². The largest absolute Gasteiger partial charge is 0.466 e. The Balaban J connectivity index is 2.72. The fourth-order valence-corrected chi connectivity index (χ4v) is 1.42. The summed E-state index contributed by atoms with van der Waals surface area (Å²) in [6.07, 6.45) is 5.57. The lowest BCUT2D eigenvalue weighted by molar-refractivity contribution is -0.136. The van der Waals surface area contributed by atoms with E-state index in [1.54, 1.807) is 0 Å². The van der Waals surface area contributed by atoms with Crippen molar-refractivity contribution in [2.24, 2.45) is 0 Å². The zero-order valence-corrected chi connectivity index (χ0v) is 7.84. The van der Waals surface area contributed by atoms with Crippen LogP contribution in [0.15, 0.2) is 11.6 Å². The Morgan fingerprint density at radius 3 is 2.69 bits per heavy atom. The normalized spacial score (nSPS) is 22.5. The van der Waals surface area contributed by atoms with Crippen LogP contribution in [-0.2, 0) is 14.3 Å². The fourth-order valence-electron chi connectivity index (χ4n) is 1.42. The van der Waals surface area contributed by atoms with Gasteiger partial charge in [0.1, 0.15) is 0 Å². The van der Waals surface area contributed by atoms with Gasteiger partial charge in [0.15, 0.2) is 5.78 Å². The van der Waals surface area contributed by atoms with Gasteiger partial charge in [-0.3, -0.25) is 4.79 Å². The molecule has 0 saturated heterocycles. The summed E-state index contributed by atoms with van der Waals surface area (Å²) in [4.78, 5) is 22.3. The highest BCUT2D eigenvalue weighted by molar-refractivity contribution is 5.99. The summed E-state index contributed by atoms with van der Waals surface area (Å²) in [6.45, 7) is 0. The van der Waals surface area contributed by atoms with Gasteiger partial charge in [-0.15, -0.1) is 0 Å². The van der Waals surface area contributed by atoms with Crippen molar-refractivity contribution in [1.29, 1.82) is 0 Å². The highest BCUT2D eigenvalue weighted by Gasteiger charge is 2.13. The Kier molecular flexibility index (Phi) is 3.68. The first-order chi connectivity index (χ1) is 6.24. The zero-order chi connectivity index (χ0) is 9.68. The minimum Gasteiger partial charge on any atom is -0.466 e. The molecule has 1 aliphatic rings. The summed E-state index contributed by atoms with van der Waals surface area (Å²) in [5.41, 5.74) is 0.521. The highest BCUT2D eigenvalue weighted by Crippen LogP contribution is 2.15. The minimum absolute atomic E-state index is 0.0418. The van der Waals surface area contributed by atoms with E-state index >= 15 is 0 Å². The van der Waals surface area contributed by atoms with Crippen LogP contribution in [0.2, 0.25) is 0 Å². The minimum atomic E-state index is -0.366. The summed E-state index contributed by atoms with van der Waals surface area (Å²) in [7, 11) is 1.34. The predicted molar refractivity (Wildman–Crippen MR) is 48.2 cm³/mol. The van der Waals surface area contributed by atoms with Crippen LogP contribution in [0.4, 0.5) is 0 Å². The molecule has 0 fully saturated rings. The molecule has 0 amide bonds. The smallest absolute Gasteiger partial charge is 0.333 e. The van der Waals surface area contributed by atoms with Crippen molar-refractivity contribution in [1.82, 2.24) is 0 Å². The summed E-state index contributed by atoms with van der Waals surface area (Å²) >= 11 is 0. The quantitative estimate of drug-likeness (QED) is 0.579. The topological polar surface area (TPSA) is 43.4 Å². The maximum atomic E-state index is 11.2. The maximum absolute atomic E-state index is 11.2. The molecular formula is C10H14O3. The molecule has 0 heterocycles. The van der Waals surface area contributed by atoms with Crippen LogP contribution in [0.1, 0.15) is 32.1 Å². The third kappa shape index (κ3) is 3.01. The number of rotatable bonds is 1. The van der Waals surface area contributed by atoms with Gasteiger partial charge in [-0.05, 0) is 25.3 Å². The van der Waals surface area contributed by atoms with Crippen molar-refractivity contribution in [2.45, 2.75) is 32.1 Å². The van der Waals surface area contributed by atoms with Gasteiger partial charge >= 0.3 is 5.97 Å². The lowest BCUT2D eigenvalue weighted by Gasteiger charge is -2.08. The Labute approximate surface area is 77.8 Å². The number of methoxy groups -OCH3 is 1. The molecule has 0 saturated carbocycles. The second kappa shape index (κ2) is 4.80. The first-order valence-corrected chi connectivity index (χ1v) is 4.56. The van der Waals surface area contributed by atoms with Crippen LogP contribution >= 0.6 is 0 Å². The van der Waals surface area contributed by atoms with Crippen molar-refractivity contribution >= 4 is 11.8 Å². The maximum Gasteiger partial charge on any atom is 0.333 e. The molecule has 13 heavy (non-hydrogen) atoms. The molecule has 3 nitrogen and oxygen atoms in total. The molecule has 0 aliphatic heterocycles. The molecule has 0 aromatic rings. The van der Waals surface area contributed by atoms with E-state index in [4.69, 9.17) is 0 Å². The molecule has 0 radical (unpaired) electrons. The fraction of sp³-hybridized carbons (Fsp3) is 0.600. The lowest BCUT2D eigenvalue weighted by Crippen LogP contribution is -2.09. The molecule has 3 heteroatoms. The average Bonchev–Trinajstić information content (AvgIpc) is 2.10. The van der Waals surface area contributed by atoms with Crippen molar-refractivity contribution in [3.8, 4) is 0 Å². The monoisotopic (exact) mass is 182 g/mol. The molecule has 0 atom stereocenters. The standard InChI is InChI=1S/C10H14O3/c1-13-10(12)8-5-3-2-4-6-9(11)7-8/h7H,2-6H2,1H3/b8-7+. The Bertz CT molecular complexity index is 241. The van der Waals surface area contributed by atoms with Crippen molar-refractivity contribution in [3.05, 3.63) is 11.6 Å². The van der Waals surface area contributed by atoms with Gasteiger partial charge in [-0.2, -0.15) is 0 Å². The Morgan fingerprint density at radius 1 is 1.31 bits per heavy atom. The van der Waals surface area contributed by atoms with E-state index in [9.17, 15) is 9.59 Å². The number of ketones is 1. The van der Waals surface area contributed by atoms with E-state index in [1.807, 2.05) is 0 Å². The summed E-state index contributed by atoms with van der Waals surface area (Å²) < 4.78 is 4.57. The van der Waals surface area contributed by atoms with E-state index in [2.05, 4.69) is 4.74 Å². The second-order valence-electron chi connectivity index (χ2n) is 3.19. The summed E-state index contributed by atoms with van der Waals surface area (Å²) in [5, 5.41) is 0. The van der Waals surface area contributed by atoms with E-state index in [0.717, 1.165) is 19.3 Å². The average molecular weight is 182 g/mol. The molecule has 1 rings (SSSR count). The molecule has 0 N–H and O–H groups in total. The Morgan fingerprint density at radius 2 is 2.00 bits per heavy atom. The first-order valence-electron chi connectivity index (χ1n) is 4.56. The van der Waals surface area contributed by atoms with Gasteiger partial charge in [0.25, 0.3) is 0 Å². The molecule has 1 aliphatic carbocycles. The molecule has 0 spiro atoms. The number of hydrogen-bond acceptors (Lipinski definition) is 3. The number of carbonyl (C=O) groups is 2. The van der Waals surface area contributed by atoms with E-state index in [0.29, 0.717) is 18.4 Å². The van der Waals surface area contributed by atoms with Gasteiger partial charge in [-0.25, -0.2) is 4.79 Å². The SMILES string of the molecule is COC(=O)/C1=C/C(=O)CCCCC1. The van der Waals surface area contributed by atoms with Crippen LogP contribution in [0.25, 0.3) is 0 Å². The van der Waals surface area contributed by atoms with Crippen LogP contribution in [0.5, 0.6) is 0 Å². The number of hydrogen-bond donors (Lipinski definition) is 0. The molecule has 72 valence electrons. The Hall–Kier alpha value is -1.12. The van der Waals surface area contributed by atoms with Gasteiger partial charge in [-0.1, -0.05) is 6.42 Å². The number of ether oxygens (including phenoxy) is 1. The van der Waals surface area contributed by atoms with Crippen molar-refractivity contribution in [2.75, 3.05) is 7.11 Å². The number of esters is 1. The van der Waals surface area contributed by atoms with E-state index in [-0.39, 0.29) is 11.8 Å². The van der Waals surface area contributed by atoms with Crippen molar-refractivity contribution in [3.63, 3.8) is 0 Å².